The maximum atomic E-state index is 14.1. The molecule has 1 heterocycles. The van der Waals surface area contributed by atoms with E-state index in [0.29, 0.717) is 11.1 Å². The second-order valence-corrected chi connectivity index (χ2v) is 6.34. The first-order valence-electron chi connectivity index (χ1n) is 6.91. The van der Waals surface area contributed by atoms with Crippen LogP contribution >= 0.6 is 15.9 Å². The first-order chi connectivity index (χ1) is 9.48. The van der Waals surface area contributed by atoms with Crippen molar-refractivity contribution in [3.05, 3.63) is 33.8 Å². The van der Waals surface area contributed by atoms with E-state index in [1.165, 1.54) is 12.1 Å². The fraction of sp³-hybridized carbons (Fsp3) is 0.600. The van der Waals surface area contributed by atoms with Crippen molar-refractivity contribution < 1.29 is 13.5 Å². The highest BCUT2D eigenvalue weighted by molar-refractivity contribution is 9.10. The van der Waals surface area contributed by atoms with E-state index in [4.69, 9.17) is 4.74 Å². The van der Waals surface area contributed by atoms with Gasteiger partial charge in [0.25, 0.3) is 0 Å². The summed E-state index contributed by atoms with van der Waals surface area (Å²) in [6, 6.07) is 2.56. The minimum atomic E-state index is -0.523. The van der Waals surface area contributed by atoms with Gasteiger partial charge in [-0.1, -0.05) is 0 Å². The summed E-state index contributed by atoms with van der Waals surface area (Å²) in [5, 5.41) is 3.16. The molecule has 2 rings (SSSR count). The highest BCUT2D eigenvalue weighted by Crippen LogP contribution is 2.31. The first-order valence-corrected chi connectivity index (χ1v) is 7.71. The number of nitrogens with one attached hydrogen (secondary N) is 1. The number of benzene rings is 1. The zero-order valence-electron chi connectivity index (χ0n) is 11.8. The van der Waals surface area contributed by atoms with Crippen LogP contribution in [0.1, 0.15) is 31.7 Å². The summed E-state index contributed by atoms with van der Waals surface area (Å²) in [5.74, 6) is -1.03. The standard InChI is InChI=1S/C15H20BrF2NO/c1-15(7-3-4-8-20-15)13(19-2)9-10-12(17)6-5-11(16)14(10)18/h5-6,13,19H,3-4,7-9H2,1-2H3. The Balaban J connectivity index is 2.24. The second-order valence-electron chi connectivity index (χ2n) is 5.49. The predicted molar refractivity (Wildman–Crippen MR) is 78.8 cm³/mol. The molecule has 0 spiro atoms. The van der Waals surface area contributed by atoms with Crippen LogP contribution in [0.2, 0.25) is 0 Å². The monoisotopic (exact) mass is 347 g/mol. The lowest BCUT2D eigenvalue weighted by Gasteiger charge is -2.40. The zero-order valence-corrected chi connectivity index (χ0v) is 13.4. The van der Waals surface area contributed by atoms with Crippen molar-refractivity contribution in [2.24, 2.45) is 0 Å². The van der Waals surface area contributed by atoms with Crippen LogP contribution in [0.4, 0.5) is 8.78 Å². The number of hydrogen-bond acceptors (Lipinski definition) is 2. The van der Waals surface area contributed by atoms with Gasteiger partial charge < -0.3 is 10.1 Å². The Morgan fingerprint density at radius 2 is 2.15 bits per heavy atom. The van der Waals surface area contributed by atoms with E-state index < -0.39 is 11.6 Å². The van der Waals surface area contributed by atoms with Crippen LogP contribution in [0.25, 0.3) is 0 Å². The van der Waals surface area contributed by atoms with Crippen molar-refractivity contribution in [2.45, 2.75) is 44.2 Å². The molecular formula is C15H20BrF2NO. The van der Waals surface area contributed by atoms with Crippen LogP contribution in [-0.4, -0.2) is 25.3 Å². The largest absolute Gasteiger partial charge is 0.374 e. The molecule has 1 fully saturated rings. The van der Waals surface area contributed by atoms with Crippen LogP contribution in [0.3, 0.4) is 0 Å². The molecule has 1 N–H and O–H groups in total. The molecule has 20 heavy (non-hydrogen) atoms. The Labute approximate surface area is 127 Å². The Hall–Kier alpha value is -0.520. The molecule has 0 amide bonds. The smallest absolute Gasteiger partial charge is 0.143 e. The fourth-order valence-electron chi connectivity index (χ4n) is 2.81. The van der Waals surface area contributed by atoms with E-state index in [1.54, 1.807) is 0 Å². The quantitative estimate of drug-likeness (QED) is 0.836. The van der Waals surface area contributed by atoms with Gasteiger partial charge in [0.1, 0.15) is 11.6 Å². The van der Waals surface area contributed by atoms with Crippen molar-refractivity contribution in [3.63, 3.8) is 0 Å². The van der Waals surface area contributed by atoms with Crippen LogP contribution in [0.5, 0.6) is 0 Å². The van der Waals surface area contributed by atoms with Gasteiger partial charge in [-0.2, -0.15) is 0 Å². The van der Waals surface area contributed by atoms with Crippen LogP contribution in [-0.2, 0) is 11.2 Å². The lowest BCUT2D eigenvalue weighted by atomic mass is 9.84. The number of halogens is 3. The molecule has 1 aromatic carbocycles. The molecule has 1 aromatic rings. The SMILES string of the molecule is CNC(Cc1c(F)ccc(Br)c1F)C1(C)CCCCO1. The van der Waals surface area contributed by atoms with Crippen LogP contribution < -0.4 is 5.32 Å². The maximum absolute atomic E-state index is 14.1. The molecule has 1 aliphatic rings. The van der Waals surface area contributed by atoms with Gasteiger partial charge >= 0.3 is 0 Å². The minimum absolute atomic E-state index is 0.106. The molecule has 1 saturated heterocycles. The van der Waals surface area contributed by atoms with Gasteiger partial charge in [0, 0.05) is 18.2 Å². The number of hydrogen-bond donors (Lipinski definition) is 1. The summed E-state index contributed by atoms with van der Waals surface area (Å²) >= 11 is 3.11. The average Bonchev–Trinajstić information content (AvgIpc) is 2.44. The third-order valence-electron chi connectivity index (χ3n) is 4.13. The van der Waals surface area contributed by atoms with Gasteiger partial charge in [0.2, 0.25) is 0 Å². The Kier molecular flexibility index (Phi) is 5.15. The van der Waals surface area contributed by atoms with Crippen molar-refractivity contribution in [3.8, 4) is 0 Å². The first kappa shape index (κ1) is 15.9. The zero-order chi connectivity index (χ0) is 14.8. The van der Waals surface area contributed by atoms with E-state index in [2.05, 4.69) is 21.2 Å². The van der Waals surface area contributed by atoms with Crippen LogP contribution in [0.15, 0.2) is 16.6 Å². The molecular weight excluding hydrogens is 328 g/mol. The highest BCUT2D eigenvalue weighted by atomic mass is 79.9. The van der Waals surface area contributed by atoms with Gasteiger partial charge in [-0.25, -0.2) is 8.78 Å². The summed E-state index contributed by atoms with van der Waals surface area (Å²) < 4.78 is 34.2. The van der Waals surface area contributed by atoms with E-state index in [-0.39, 0.29) is 23.6 Å². The van der Waals surface area contributed by atoms with Gasteiger partial charge in [-0.05, 0) is 67.7 Å². The predicted octanol–water partition coefficient (Wildman–Crippen LogP) is 3.82. The Bertz CT molecular complexity index is 475. The molecule has 112 valence electrons. The Morgan fingerprint density at radius 3 is 2.75 bits per heavy atom. The summed E-state index contributed by atoms with van der Waals surface area (Å²) in [6.07, 6.45) is 3.30. The van der Waals surface area contributed by atoms with Gasteiger partial charge in [0.05, 0.1) is 10.1 Å². The Morgan fingerprint density at radius 1 is 1.40 bits per heavy atom. The minimum Gasteiger partial charge on any atom is -0.374 e. The molecule has 0 aromatic heterocycles. The highest BCUT2D eigenvalue weighted by Gasteiger charge is 2.37. The summed E-state index contributed by atoms with van der Waals surface area (Å²) in [7, 11) is 1.81. The summed E-state index contributed by atoms with van der Waals surface area (Å²) in [4.78, 5) is 0. The molecule has 2 atom stereocenters. The summed E-state index contributed by atoms with van der Waals surface area (Å²) in [5.41, 5.74) is -0.275. The van der Waals surface area contributed by atoms with E-state index >= 15 is 0 Å². The second kappa shape index (κ2) is 6.50. The number of ether oxygens (including phenoxy) is 1. The molecule has 2 unspecified atom stereocenters. The van der Waals surface area contributed by atoms with Crippen LogP contribution in [0, 0.1) is 11.6 Å². The lowest BCUT2D eigenvalue weighted by Crippen LogP contribution is -2.52. The molecule has 0 aliphatic carbocycles. The average molecular weight is 348 g/mol. The van der Waals surface area contributed by atoms with Gasteiger partial charge in [-0.3, -0.25) is 0 Å². The lowest BCUT2D eigenvalue weighted by molar-refractivity contribution is -0.0872. The number of rotatable bonds is 4. The normalized spacial score (nSPS) is 24.6. The van der Waals surface area contributed by atoms with E-state index in [1.807, 2.05) is 14.0 Å². The molecule has 0 bridgehead atoms. The topological polar surface area (TPSA) is 21.3 Å². The van der Waals surface area contributed by atoms with Crippen molar-refractivity contribution in [2.75, 3.05) is 13.7 Å². The third-order valence-corrected chi connectivity index (χ3v) is 4.74. The maximum Gasteiger partial charge on any atom is 0.143 e. The van der Waals surface area contributed by atoms with E-state index in [9.17, 15) is 8.78 Å². The third kappa shape index (κ3) is 3.21. The number of likely N-dealkylation sites (N-methyl/N-ethyl adjacent to an activating group) is 1. The molecule has 5 heteroatoms. The molecule has 0 saturated carbocycles. The van der Waals surface area contributed by atoms with Gasteiger partial charge in [-0.15, -0.1) is 0 Å². The van der Waals surface area contributed by atoms with E-state index in [0.717, 1.165) is 19.3 Å². The summed E-state index contributed by atoms with van der Waals surface area (Å²) in [6.45, 7) is 2.72. The van der Waals surface area contributed by atoms with Crippen molar-refractivity contribution >= 4 is 15.9 Å². The van der Waals surface area contributed by atoms with Gasteiger partial charge in [0.15, 0.2) is 0 Å². The fourth-order valence-corrected chi connectivity index (χ4v) is 3.19. The van der Waals surface area contributed by atoms with Crippen molar-refractivity contribution in [1.82, 2.24) is 5.32 Å². The van der Waals surface area contributed by atoms with Crippen molar-refractivity contribution in [1.29, 1.82) is 0 Å². The molecule has 1 aliphatic heterocycles. The molecule has 0 radical (unpaired) electrons. The molecule has 2 nitrogen and oxygen atoms in total.